The van der Waals surface area contributed by atoms with Crippen molar-refractivity contribution >= 4 is 17.4 Å². The molecule has 0 aliphatic carbocycles. The molecule has 5 nitrogen and oxygen atoms in total. The number of piperazine rings is 1. The fourth-order valence-corrected chi connectivity index (χ4v) is 3.10. The van der Waals surface area contributed by atoms with Crippen molar-refractivity contribution in [2.45, 2.75) is 39.7 Å². The SMILES string of the molecule is CCC[C@@H](C)NC(=O)CN1CCN(c2ccc(C(C)=O)cc2)CC1. The summed E-state index contributed by atoms with van der Waals surface area (Å²) in [4.78, 5) is 27.9. The molecule has 1 N–H and O–H groups in total. The second kappa shape index (κ2) is 8.83. The van der Waals surface area contributed by atoms with Crippen LogP contribution in [0.25, 0.3) is 0 Å². The number of carbonyl (C=O) groups excluding carboxylic acids is 2. The van der Waals surface area contributed by atoms with E-state index in [9.17, 15) is 9.59 Å². The summed E-state index contributed by atoms with van der Waals surface area (Å²) in [5.41, 5.74) is 1.89. The lowest BCUT2D eigenvalue weighted by Gasteiger charge is -2.36. The highest BCUT2D eigenvalue weighted by molar-refractivity contribution is 5.94. The molecule has 0 spiro atoms. The molecular formula is C19H29N3O2. The van der Waals surface area contributed by atoms with Gasteiger partial charge in [0.1, 0.15) is 0 Å². The van der Waals surface area contributed by atoms with E-state index in [4.69, 9.17) is 0 Å². The Morgan fingerprint density at radius 1 is 1.12 bits per heavy atom. The summed E-state index contributed by atoms with van der Waals surface area (Å²) in [5, 5.41) is 3.06. The first-order valence-corrected chi connectivity index (χ1v) is 8.87. The zero-order chi connectivity index (χ0) is 17.5. The van der Waals surface area contributed by atoms with Crippen LogP contribution in [0.15, 0.2) is 24.3 Å². The number of hydrogen-bond acceptors (Lipinski definition) is 4. The molecule has 0 aromatic heterocycles. The van der Waals surface area contributed by atoms with Crippen molar-refractivity contribution in [2.75, 3.05) is 37.6 Å². The number of benzene rings is 1. The molecule has 0 saturated carbocycles. The summed E-state index contributed by atoms with van der Waals surface area (Å²) in [5.74, 6) is 0.213. The topological polar surface area (TPSA) is 52.7 Å². The Bertz CT molecular complexity index is 548. The standard InChI is InChI=1S/C19H29N3O2/c1-4-5-15(2)20-19(24)14-21-10-12-22(13-11-21)18-8-6-17(7-9-18)16(3)23/h6-9,15H,4-5,10-14H2,1-3H3,(H,20,24)/t15-/m1/s1. The Hall–Kier alpha value is -1.88. The van der Waals surface area contributed by atoms with E-state index < -0.39 is 0 Å². The van der Waals surface area contributed by atoms with Gasteiger partial charge in [0.2, 0.25) is 5.91 Å². The van der Waals surface area contributed by atoms with Crippen LogP contribution in [0.1, 0.15) is 44.0 Å². The van der Waals surface area contributed by atoms with Gasteiger partial charge in [-0.3, -0.25) is 14.5 Å². The average Bonchev–Trinajstić information content (AvgIpc) is 2.55. The molecule has 132 valence electrons. The quantitative estimate of drug-likeness (QED) is 0.779. The molecule has 1 aliphatic rings. The normalized spacial score (nSPS) is 16.7. The van der Waals surface area contributed by atoms with E-state index in [2.05, 4.69) is 29.0 Å². The van der Waals surface area contributed by atoms with Crippen LogP contribution < -0.4 is 10.2 Å². The molecule has 1 aromatic rings. The van der Waals surface area contributed by atoms with Crippen LogP contribution in [-0.4, -0.2) is 55.4 Å². The highest BCUT2D eigenvalue weighted by Gasteiger charge is 2.19. The van der Waals surface area contributed by atoms with Crippen molar-refractivity contribution in [3.05, 3.63) is 29.8 Å². The Kier molecular flexibility index (Phi) is 6.79. The van der Waals surface area contributed by atoms with Gasteiger partial charge in [0.05, 0.1) is 6.54 Å². The van der Waals surface area contributed by atoms with E-state index in [0.29, 0.717) is 6.54 Å². The molecule has 2 rings (SSSR count). The lowest BCUT2D eigenvalue weighted by molar-refractivity contribution is -0.123. The van der Waals surface area contributed by atoms with Gasteiger partial charge in [-0.25, -0.2) is 0 Å². The van der Waals surface area contributed by atoms with Crippen molar-refractivity contribution < 1.29 is 9.59 Å². The minimum Gasteiger partial charge on any atom is -0.369 e. The number of carbonyl (C=O) groups is 2. The maximum atomic E-state index is 12.1. The van der Waals surface area contributed by atoms with Crippen LogP contribution in [0, 0.1) is 0 Å². The third kappa shape index (κ3) is 5.34. The molecular weight excluding hydrogens is 302 g/mol. The number of amides is 1. The highest BCUT2D eigenvalue weighted by Crippen LogP contribution is 2.17. The lowest BCUT2D eigenvalue weighted by atomic mass is 10.1. The molecule has 1 aromatic carbocycles. The predicted octanol–water partition coefficient (Wildman–Crippen LogP) is 2.32. The summed E-state index contributed by atoms with van der Waals surface area (Å²) >= 11 is 0. The Morgan fingerprint density at radius 3 is 2.29 bits per heavy atom. The Morgan fingerprint density at radius 2 is 1.75 bits per heavy atom. The van der Waals surface area contributed by atoms with Gasteiger partial charge < -0.3 is 10.2 Å². The molecule has 1 aliphatic heterocycles. The third-order valence-corrected chi connectivity index (χ3v) is 4.51. The number of hydrogen-bond donors (Lipinski definition) is 1. The number of anilines is 1. The van der Waals surface area contributed by atoms with E-state index in [1.165, 1.54) is 0 Å². The van der Waals surface area contributed by atoms with Crippen LogP contribution in [-0.2, 0) is 4.79 Å². The maximum absolute atomic E-state index is 12.1. The van der Waals surface area contributed by atoms with Crippen LogP contribution in [0.5, 0.6) is 0 Å². The van der Waals surface area contributed by atoms with Gasteiger partial charge in [-0.1, -0.05) is 13.3 Å². The van der Waals surface area contributed by atoms with E-state index in [1.54, 1.807) is 6.92 Å². The van der Waals surface area contributed by atoms with Gasteiger partial charge in [0.15, 0.2) is 5.78 Å². The number of ketones is 1. The van der Waals surface area contributed by atoms with Gasteiger partial charge in [0.25, 0.3) is 0 Å². The molecule has 1 amide bonds. The van der Waals surface area contributed by atoms with E-state index >= 15 is 0 Å². The molecule has 5 heteroatoms. The van der Waals surface area contributed by atoms with E-state index in [-0.39, 0.29) is 17.7 Å². The van der Waals surface area contributed by atoms with Crippen LogP contribution in [0.3, 0.4) is 0 Å². The summed E-state index contributed by atoms with van der Waals surface area (Å²) in [6.45, 7) is 9.81. The van der Waals surface area contributed by atoms with Crippen molar-refractivity contribution in [2.24, 2.45) is 0 Å². The highest BCUT2D eigenvalue weighted by atomic mass is 16.2. The molecule has 1 heterocycles. The number of Topliss-reactive ketones (excluding diaryl/α,β-unsaturated/α-hetero) is 1. The van der Waals surface area contributed by atoms with Crippen molar-refractivity contribution in [3.8, 4) is 0 Å². The van der Waals surface area contributed by atoms with Gasteiger partial charge in [0, 0.05) is 43.5 Å². The lowest BCUT2D eigenvalue weighted by Crippen LogP contribution is -2.50. The molecule has 0 radical (unpaired) electrons. The smallest absolute Gasteiger partial charge is 0.234 e. The predicted molar refractivity (Wildman–Crippen MR) is 97.6 cm³/mol. The van der Waals surface area contributed by atoms with Crippen LogP contribution in [0.2, 0.25) is 0 Å². The monoisotopic (exact) mass is 331 g/mol. The summed E-state index contributed by atoms with van der Waals surface area (Å²) in [7, 11) is 0. The Labute approximate surface area is 145 Å². The summed E-state index contributed by atoms with van der Waals surface area (Å²) in [6, 6.07) is 8.03. The van der Waals surface area contributed by atoms with Crippen molar-refractivity contribution in [1.82, 2.24) is 10.2 Å². The number of nitrogens with zero attached hydrogens (tertiary/aromatic N) is 2. The first-order chi connectivity index (χ1) is 11.5. The van der Waals surface area contributed by atoms with E-state index in [0.717, 1.165) is 50.3 Å². The van der Waals surface area contributed by atoms with Gasteiger partial charge in [-0.15, -0.1) is 0 Å². The second-order valence-electron chi connectivity index (χ2n) is 6.62. The first-order valence-electron chi connectivity index (χ1n) is 8.87. The molecule has 0 unspecified atom stereocenters. The number of rotatable bonds is 7. The fraction of sp³-hybridized carbons (Fsp3) is 0.579. The van der Waals surface area contributed by atoms with E-state index in [1.807, 2.05) is 24.3 Å². The second-order valence-corrected chi connectivity index (χ2v) is 6.62. The number of nitrogens with one attached hydrogen (secondary N) is 1. The van der Waals surface area contributed by atoms with Gasteiger partial charge >= 0.3 is 0 Å². The third-order valence-electron chi connectivity index (χ3n) is 4.51. The molecule has 1 fully saturated rings. The molecule has 1 saturated heterocycles. The minimum absolute atomic E-state index is 0.0923. The molecule has 1 atom stereocenters. The zero-order valence-electron chi connectivity index (χ0n) is 15.0. The average molecular weight is 331 g/mol. The molecule has 0 bridgehead atoms. The van der Waals surface area contributed by atoms with Crippen molar-refractivity contribution in [3.63, 3.8) is 0 Å². The molecule has 24 heavy (non-hydrogen) atoms. The largest absolute Gasteiger partial charge is 0.369 e. The first kappa shape index (κ1) is 18.5. The Balaban J connectivity index is 1.78. The summed E-state index contributed by atoms with van der Waals surface area (Å²) in [6.07, 6.45) is 2.11. The maximum Gasteiger partial charge on any atom is 0.234 e. The zero-order valence-corrected chi connectivity index (χ0v) is 15.0. The van der Waals surface area contributed by atoms with Crippen LogP contribution in [0.4, 0.5) is 5.69 Å². The van der Waals surface area contributed by atoms with Crippen molar-refractivity contribution in [1.29, 1.82) is 0 Å². The fourth-order valence-electron chi connectivity index (χ4n) is 3.10. The van der Waals surface area contributed by atoms with Crippen LogP contribution >= 0.6 is 0 Å². The minimum atomic E-state index is 0.0923. The van der Waals surface area contributed by atoms with Gasteiger partial charge in [-0.05, 0) is 44.5 Å². The summed E-state index contributed by atoms with van der Waals surface area (Å²) < 4.78 is 0. The van der Waals surface area contributed by atoms with Gasteiger partial charge in [-0.2, -0.15) is 0 Å².